The number of carbonyl (C=O) groups excluding carboxylic acids is 1. The summed E-state index contributed by atoms with van der Waals surface area (Å²) in [5.74, 6) is 0. The van der Waals surface area contributed by atoms with E-state index in [-0.39, 0.29) is 4.21 Å². The fraction of sp³-hybridized carbons (Fsp3) is 0. The highest BCUT2D eigenvalue weighted by atomic mass is 32.2. The Labute approximate surface area is 114 Å². The third-order valence-corrected chi connectivity index (χ3v) is 5.93. The highest BCUT2D eigenvalue weighted by molar-refractivity contribution is 7.92. The maximum absolute atomic E-state index is 12.5. The van der Waals surface area contributed by atoms with Gasteiger partial charge in [0.1, 0.15) is 4.21 Å². The number of carbonyl (C=O) groups is 1. The van der Waals surface area contributed by atoms with Gasteiger partial charge in [0.25, 0.3) is 10.0 Å². The molecule has 0 N–H and O–H groups in total. The Hall–Kier alpha value is -1.92. The fourth-order valence-electron chi connectivity index (χ4n) is 1.99. The van der Waals surface area contributed by atoms with Crippen LogP contribution in [0, 0.1) is 0 Å². The molecule has 3 aromatic rings. The molecule has 4 nitrogen and oxygen atoms in total. The number of aromatic nitrogens is 1. The molecule has 0 saturated carbocycles. The molecule has 6 heteroatoms. The van der Waals surface area contributed by atoms with Gasteiger partial charge >= 0.3 is 0 Å². The van der Waals surface area contributed by atoms with Crippen molar-refractivity contribution >= 4 is 38.5 Å². The van der Waals surface area contributed by atoms with Crippen LogP contribution in [0.25, 0.3) is 10.9 Å². The van der Waals surface area contributed by atoms with Gasteiger partial charge in [-0.3, -0.25) is 4.79 Å². The molecule has 96 valence electrons. The van der Waals surface area contributed by atoms with Crippen LogP contribution in [-0.4, -0.2) is 18.7 Å². The second kappa shape index (κ2) is 4.32. The van der Waals surface area contributed by atoms with Crippen molar-refractivity contribution in [3.8, 4) is 0 Å². The standard InChI is InChI=1S/C13H9NO3S2/c15-9-10-3-1-4-12-11(10)6-7-14(12)19(16,17)13-5-2-8-18-13/h1-9H. The lowest BCUT2D eigenvalue weighted by Gasteiger charge is -2.05. The van der Waals surface area contributed by atoms with Gasteiger partial charge < -0.3 is 0 Å². The first-order chi connectivity index (χ1) is 9.14. The smallest absolute Gasteiger partial charge is 0.277 e. The van der Waals surface area contributed by atoms with Crippen LogP contribution in [-0.2, 0) is 10.0 Å². The molecular formula is C13H9NO3S2. The third-order valence-electron chi connectivity index (χ3n) is 2.87. The van der Waals surface area contributed by atoms with Gasteiger partial charge in [-0.2, -0.15) is 8.42 Å². The van der Waals surface area contributed by atoms with E-state index in [4.69, 9.17) is 0 Å². The molecule has 0 atom stereocenters. The molecule has 0 fully saturated rings. The molecule has 0 aliphatic carbocycles. The van der Waals surface area contributed by atoms with Gasteiger partial charge in [-0.25, -0.2) is 3.97 Å². The maximum Gasteiger partial charge on any atom is 0.277 e. The predicted molar refractivity (Wildman–Crippen MR) is 74.2 cm³/mol. The number of nitrogens with zero attached hydrogens (tertiary/aromatic N) is 1. The van der Waals surface area contributed by atoms with Gasteiger partial charge in [-0.1, -0.05) is 18.2 Å². The molecule has 19 heavy (non-hydrogen) atoms. The average molecular weight is 291 g/mol. The number of benzene rings is 1. The molecular weight excluding hydrogens is 282 g/mol. The van der Waals surface area contributed by atoms with Gasteiger partial charge in [0.05, 0.1) is 5.52 Å². The first-order valence-electron chi connectivity index (χ1n) is 5.49. The summed E-state index contributed by atoms with van der Waals surface area (Å²) in [6.45, 7) is 0. The van der Waals surface area contributed by atoms with Gasteiger partial charge in [0.2, 0.25) is 0 Å². The minimum Gasteiger partial charge on any atom is -0.298 e. The van der Waals surface area contributed by atoms with E-state index in [1.807, 2.05) is 0 Å². The van der Waals surface area contributed by atoms with Crippen molar-refractivity contribution in [2.24, 2.45) is 0 Å². The molecule has 2 aromatic heterocycles. The predicted octanol–water partition coefficient (Wildman–Crippen LogP) is 2.75. The van der Waals surface area contributed by atoms with Crippen molar-refractivity contribution in [2.45, 2.75) is 4.21 Å². The van der Waals surface area contributed by atoms with E-state index in [2.05, 4.69) is 0 Å². The second-order valence-corrected chi connectivity index (χ2v) is 6.94. The number of thiophene rings is 1. The summed E-state index contributed by atoms with van der Waals surface area (Å²) in [5.41, 5.74) is 0.996. The first kappa shape index (κ1) is 12.1. The zero-order valence-electron chi connectivity index (χ0n) is 9.68. The van der Waals surface area contributed by atoms with E-state index in [0.29, 0.717) is 16.5 Å². The van der Waals surface area contributed by atoms with Crippen molar-refractivity contribution < 1.29 is 13.2 Å². The van der Waals surface area contributed by atoms with E-state index < -0.39 is 10.0 Å². The van der Waals surface area contributed by atoms with E-state index in [0.717, 1.165) is 6.29 Å². The van der Waals surface area contributed by atoms with Crippen molar-refractivity contribution in [1.29, 1.82) is 0 Å². The minimum absolute atomic E-state index is 0.279. The topological polar surface area (TPSA) is 56.1 Å². The Kier molecular flexibility index (Phi) is 2.76. The van der Waals surface area contributed by atoms with Gasteiger partial charge in [0, 0.05) is 17.1 Å². The highest BCUT2D eigenvalue weighted by Gasteiger charge is 2.20. The summed E-state index contributed by atoms with van der Waals surface area (Å²) < 4.78 is 26.4. The molecule has 3 rings (SSSR count). The molecule has 0 bridgehead atoms. The molecule has 0 spiro atoms. The minimum atomic E-state index is -3.58. The lowest BCUT2D eigenvalue weighted by atomic mass is 10.1. The van der Waals surface area contributed by atoms with Crippen molar-refractivity contribution in [3.63, 3.8) is 0 Å². The van der Waals surface area contributed by atoms with E-state index in [1.54, 1.807) is 41.8 Å². The SMILES string of the molecule is O=Cc1cccc2c1ccn2S(=O)(=O)c1cccs1. The zero-order valence-corrected chi connectivity index (χ0v) is 11.3. The number of hydrogen-bond donors (Lipinski definition) is 0. The highest BCUT2D eigenvalue weighted by Crippen LogP contribution is 2.26. The lowest BCUT2D eigenvalue weighted by Crippen LogP contribution is -2.10. The summed E-state index contributed by atoms with van der Waals surface area (Å²) >= 11 is 1.17. The van der Waals surface area contributed by atoms with E-state index >= 15 is 0 Å². The number of aldehydes is 1. The molecule has 0 aliphatic heterocycles. The van der Waals surface area contributed by atoms with Gasteiger partial charge in [0.15, 0.2) is 6.29 Å². The molecule has 0 aliphatic rings. The lowest BCUT2D eigenvalue weighted by molar-refractivity contribution is 0.112. The Morgan fingerprint density at radius 1 is 1.11 bits per heavy atom. The molecule has 0 radical (unpaired) electrons. The van der Waals surface area contributed by atoms with Crippen molar-refractivity contribution in [2.75, 3.05) is 0 Å². The molecule has 0 unspecified atom stereocenters. The van der Waals surface area contributed by atoms with Gasteiger partial charge in [-0.05, 0) is 23.6 Å². The Bertz CT molecular complexity index is 845. The summed E-state index contributed by atoms with van der Waals surface area (Å²) in [7, 11) is -3.58. The van der Waals surface area contributed by atoms with Crippen molar-refractivity contribution in [1.82, 2.24) is 3.97 Å². The second-order valence-electron chi connectivity index (χ2n) is 3.95. The zero-order chi connectivity index (χ0) is 13.5. The van der Waals surface area contributed by atoms with Crippen molar-refractivity contribution in [3.05, 3.63) is 53.5 Å². The van der Waals surface area contributed by atoms with Crippen LogP contribution in [0.1, 0.15) is 10.4 Å². The third kappa shape index (κ3) is 1.80. The van der Waals surface area contributed by atoms with E-state index in [1.165, 1.54) is 21.5 Å². The number of hydrogen-bond acceptors (Lipinski definition) is 4. The fourth-order valence-corrected chi connectivity index (χ4v) is 4.41. The maximum atomic E-state index is 12.5. The van der Waals surface area contributed by atoms with Crippen LogP contribution in [0.15, 0.2) is 52.2 Å². The Morgan fingerprint density at radius 3 is 2.63 bits per heavy atom. The summed E-state index contributed by atoms with van der Waals surface area (Å²) in [4.78, 5) is 11.0. The van der Waals surface area contributed by atoms with Crippen LogP contribution in [0.5, 0.6) is 0 Å². The average Bonchev–Trinajstić information content (AvgIpc) is 3.07. The quantitative estimate of drug-likeness (QED) is 0.697. The summed E-state index contributed by atoms with van der Waals surface area (Å²) in [6, 6.07) is 9.93. The molecule has 0 amide bonds. The number of rotatable bonds is 3. The largest absolute Gasteiger partial charge is 0.298 e. The van der Waals surface area contributed by atoms with Crippen LogP contribution in [0.3, 0.4) is 0 Å². The van der Waals surface area contributed by atoms with Crippen LogP contribution in [0.4, 0.5) is 0 Å². The molecule has 2 heterocycles. The van der Waals surface area contributed by atoms with Crippen LogP contribution < -0.4 is 0 Å². The monoisotopic (exact) mass is 291 g/mol. The molecule has 1 aromatic carbocycles. The molecule has 0 saturated heterocycles. The normalized spacial score (nSPS) is 11.8. The summed E-state index contributed by atoms with van der Waals surface area (Å²) in [6.07, 6.45) is 2.21. The van der Waals surface area contributed by atoms with Crippen LogP contribution >= 0.6 is 11.3 Å². The van der Waals surface area contributed by atoms with Crippen LogP contribution in [0.2, 0.25) is 0 Å². The van der Waals surface area contributed by atoms with Gasteiger partial charge in [-0.15, -0.1) is 11.3 Å². The number of fused-ring (bicyclic) bond motifs is 1. The first-order valence-corrected chi connectivity index (χ1v) is 7.81. The summed E-state index contributed by atoms with van der Waals surface area (Å²) in [5, 5.41) is 2.35. The Morgan fingerprint density at radius 2 is 1.95 bits per heavy atom. The Balaban J connectivity index is 2.31. The van der Waals surface area contributed by atoms with E-state index in [9.17, 15) is 13.2 Å².